The van der Waals surface area contributed by atoms with Gasteiger partial charge in [0.05, 0.1) is 11.5 Å². The number of rotatable bonds is 7. The summed E-state index contributed by atoms with van der Waals surface area (Å²) in [6.45, 7) is 3.17. The zero-order chi connectivity index (χ0) is 15.9. The molecule has 118 valence electrons. The number of hydrogen-bond donors (Lipinski definition) is 0. The molecule has 0 atom stereocenters. The van der Waals surface area contributed by atoms with E-state index in [0.717, 1.165) is 23.3 Å². The second-order valence-electron chi connectivity index (χ2n) is 5.01. The zero-order valence-corrected chi connectivity index (χ0v) is 13.7. The lowest BCUT2D eigenvalue weighted by Gasteiger charge is -2.17. The normalized spacial score (nSPS) is 10.5. The Morgan fingerprint density at radius 2 is 2.00 bits per heavy atom. The minimum absolute atomic E-state index is 0.0635. The minimum Gasteiger partial charge on any atom is -0.494 e. The third-order valence-electron chi connectivity index (χ3n) is 3.39. The molecule has 0 N–H and O–H groups in total. The number of thiophene rings is 1. The maximum absolute atomic E-state index is 12.8. The summed E-state index contributed by atoms with van der Waals surface area (Å²) in [5.74, 6) is 0.427. The summed E-state index contributed by atoms with van der Waals surface area (Å²) in [6.07, 6.45) is 1.60. The van der Waals surface area contributed by atoms with Crippen molar-refractivity contribution in [2.45, 2.75) is 19.8 Å². The van der Waals surface area contributed by atoms with E-state index in [1.807, 2.05) is 11.4 Å². The third-order valence-corrected chi connectivity index (χ3v) is 4.33. The van der Waals surface area contributed by atoms with Gasteiger partial charge in [0.1, 0.15) is 11.6 Å². The molecule has 1 heterocycles. The van der Waals surface area contributed by atoms with Crippen LogP contribution in [0.2, 0.25) is 0 Å². The molecule has 0 saturated carbocycles. The monoisotopic (exact) mass is 321 g/mol. The second-order valence-corrected chi connectivity index (χ2v) is 5.93. The van der Waals surface area contributed by atoms with Crippen LogP contribution in [0.3, 0.4) is 0 Å². The van der Waals surface area contributed by atoms with E-state index < -0.39 is 0 Å². The molecule has 2 aromatic rings. The Morgan fingerprint density at radius 3 is 2.68 bits per heavy atom. The van der Waals surface area contributed by atoms with Gasteiger partial charge in [-0.3, -0.25) is 4.79 Å². The number of aryl methyl sites for hydroxylation is 1. The summed E-state index contributed by atoms with van der Waals surface area (Å²) in [4.78, 5) is 14.9. The van der Waals surface area contributed by atoms with E-state index in [4.69, 9.17) is 4.74 Å². The highest BCUT2D eigenvalue weighted by Crippen LogP contribution is 2.19. The molecule has 0 bridgehead atoms. The molecule has 3 nitrogen and oxygen atoms in total. The first-order valence-corrected chi connectivity index (χ1v) is 8.20. The fourth-order valence-electron chi connectivity index (χ4n) is 2.10. The van der Waals surface area contributed by atoms with Gasteiger partial charge in [0.25, 0.3) is 5.91 Å². The van der Waals surface area contributed by atoms with Crippen LogP contribution < -0.4 is 4.74 Å². The van der Waals surface area contributed by atoms with Crippen LogP contribution >= 0.6 is 11.3 Å². The van der Waals surface area contributed by atoms with Crippen molar-refractivity contribution in [3.8, 4) is 5.75 Å². The lowest BCUT2D eigenvalue weighted by Crippen LogP contribution is -2.28. The van der Waals surface area contributed by atoms with E-state index in [0.29, 0.717) is 18.9 Å². The molecular formula is C17H20FNO2S. The number of hydrogen-bond acceptors (Lipinski definition) is 3. The fraction of sp³-hybridized carbons (Fsp3) is 0.353. The standard InChI is InChI=1S/C17H20FNO2S/c1-3-13-9-12-22-16(13)17(20)19(2)10-4-11-21-15-7-5-14(18)6-8-15/h5-9,12H,3-4,10-11H2,1-2H3. The number of nitrogens with zero attached hydrogens (tertiary/aromatic N) is 1. The van der Waals surface area contributed by atoms with Crippen LogP contribution in [0.4, 0.5) is 4.39 Å². The Hall–Kier alpha value is -1.88. The van der Waals surface area contributed by atoms with Gasteiger partial charge in [0, 0.05) is 13.6 Å². The summed E-state index contributed by atoms with van der Waals surface area (Å²) < 4.78 is 18.3. The molecule has 1 aromatic heterocycles. The molecule has 0 saturated heterocycles. The van der Waals surface area contributed by atoms with Crippen LogP contribution in [-0.2, 0) is 6.42 Å². The van der Waals surface area contributed by atoms with Crippen LogP contribution in [0.5, 0.6) is 5.75 Å². The van der Waals surface area contributed by atoms with Crippen LogP contribution in [0.15, 0.2) is 35.7 Å². The van der Waals surface area contributed by atoms with Crippen molar-refractivity contribution in [3.63, 3.8) is 0 Å². The lowest BCUT2D eigenvalue weighted by molar-refractivity contribution is 0.0791. The van der Waals surface area contributed by atoms with Crippen molar-refractivity contribution in [2.24, 2.45) is 0 Å². The smallest absolute Gasteiger partial charge is 0.263 e. The number of carbonyl (C=O) groups excluding carboxylic acids is 1. The largest absolute Gasteiger partial charge is 0.494 e. The zero-order valence-electron chi connectivity index (χ0n) is 12.8. The van der Waals surface area contributed by atoms with Crippen LogP contribution in [0.25, 0.3) is 0 Å². The van der Waals surface area contributed by atoms with Gasteiger partial charge in [0.2, 0.25) is 0 Å². The van der Waals surface area contributed by atoms with Crippen molar-refractivity contribution in [1.29, 1.82) is 0 Å². The Morgan fingerprint density at radius 1 is 1.27 bits per heavy atom. The second kappa shape index (κ2) is 7.94. The summed E-state index contributed by atoms with van der Waals surface area (Å²) >= 11 is 1.49. The highest BCUT2D eigenvalue weighted by atomic mass is 32.1. The van der Waals surface area contributed by atoms with E-state index in [-0.39, 0.29) is 11.7 Å². The van der Waals surface area contributed by atoms with Gasteiger partial charge >= 0.3 is 0 Å². The molecule has 1 amide bonds. The Balaban J connectivity index is 1.76. The van der Waals surface area contributed by atoms with Crippen molar-refractivity contribution in [1.82, 2.24) is 4.90 Å². The molecule has 0 radical (unpaired) electrons. The SMILES string of the molecule is CCc1ccsc1C(=O)N(C)CCCOc1ccc(F)cc1. The first-order valence-electron chi connectivity index (χ1n) is 7.32. The molecule has 0 aliphatic heterocycles. The van der Waals surface area contributed by atoms with E-state index in [1.165, 1.54) is 23.5 Å². The fourth-order valence-corrected chi connectivity index (χ4v) is 3.09. The van der Waals surface area contributed by atoms with Gasteiger partial charge in [-0.05, 0) is 54.1 Å². The van der Waals surface area contributed by atoms with Crippen LogP contribution in [0.1, 0.15) is 28.6 Å². The van der Waals surface area contributed by atoms with E-state index in [2.05, 4.69) is 6.92 Å². The van der Waals surface area contributed by atoms with E-state index in [1.54, 1.807) is 24.1 Å². The molecule has 0 aliphatic rings. The van der Waals surface area contributed by atoms with Crippen LogP contribution in [-0.4, -0.2) is 31.0 Å². The molecule has 1 aromatic carbocycles. The highest BCUT2D eigenvalue weighted by Gasteiger charge is 2.16. The van der Waals surface area contributed by atoms with E-state index in [9.17, 15) is 9.18 Å². The van der Waals surface area contributed by atoms with Crippen molar-refractivity contribution in [3.05, 3.63) is 52.0 Å². The van der Waals surface area contributed by atoms with Gasteiger partial charge in [-0.2, -0.15) is 0 Å². The van der Waals surface area contributed by atoms with E-state index >= 15 is 0 Å². The number of benzene rings is 1. The Kier molecular flexibility index (Phi) is 5.95. The van der Waals surface area contributed by atoms with Crippen molar-refractivity contribution >= 4 is 17.2 Å². The number of ether oxygens (including phenoxy) is 1. The van der Waals surface area contributed by atoms with Gasteiger partial charge < -0.3 is 9.64 Å². The predicted molar refractivity (Wildman–Crippen MR) is 87.2 cm³/mol. The van der Waals surface area contributed by atoms with Gasteiger partial charge in [-0.25, -0.2) is 4.39 Å². The average molecular weight is 321 g/mol. The molecule has 0 spiro atoms. The minimum atomic E-state index is -0.277. The molecule has 2 rings (SSSR count). The first-order chi connectivity index (χ1) is 10.6. The Labute approximate surface area is 134 Å². The summed E-state index contributed by atoms with van der Waals surface area (Å²) in [6, 6.07) is 7.94. The predicted octanol–water partition coefficient (Wildman–Crippen LogP) is 3.99. The molecule has 0 aliphatic carbocycles. The summed E-state index contributed by atoms with van der Waals surface area (Å²) in [5.41, 5.74) is 1.10. The van der Waals surface area contributed by atoms with Crippen molar-refractivity contribution < 1.29 is 13.9 Å². The maximum Gasteiger partial charge on any atom is 0.263 e. The first kappa shape index (κ1) is 16.5. The number of carbonyl (C=O) groups is 1. The van der Waals surface area contributed by atoms with Crippen molar-refractivity contribution in [2.75, 3.05) is 20.2 Å². The van der Waals surface area contributed by atoms with Crippen LogP contribution in [0, 0.1) is 5.82 Å². The summed E-state index contributed by atoms with van der Waals surface area (Å²) in [5, 5.41) is 1.96. The number of amides is 1. The Bertz CT molecular complexity index is 609. The van der Waals surface area contributed by atoms with Gasteiger partial charge in [0.15, 0.2) is 0 Å². The maximum atomic E-state index is 12.8. The highest BCUT2D eigenvalue weighted by molar-refractivity contribution is 7.12. The third kappa shape index (κ3) is 4.31. The lowest BCUT2D eigenvalue weighted by atomic mass is 10.2. The quantitative estimate of drug-likeness (QED) is 0.722. The van der Waals surface area contributed by atoms with Gasteiger partial charge in [-0.15, -0.1) is 11.3 Å². The molecule has 0 fully saturated rings. The molecule has 0 unspecified atom stereocenters. The number of halogens is 1. The van der Waals surface area contributed by atoms with Gasteiger partial charge in [-0.1, -0.05) is 6.92 Å². The molecule has 5 heteroatoms. The topological polar surface area (TPSA) is 29.5 Å². The average Bonchev–Trinajstić information content (AvgIpc) is 3.00. The summed E-state index contributed by atoms with van der Waals surface area (Å²) in [7, 11) is 1.80. The molecular weight excluding hydrogens is 301 g/mol. The molecule has 22 heavy (non-hydrogen) atoms.